The average Bonchev–Trinajstić information content (AvgIpc) is 2.67. The Morgan fingerprint density at radius 3 is 2.88 bits per heavy atom. The highest BCUT2D eigenvalue weighted by Gasteiger charge is 2.10. The molecular weight excluding hydrogens is 210 g/mol. The lowest BCUT2D eigenvalue weighted by molar-refractivity contribution is -0.121. The van der Waals surface area contributed by atoms with E-state index in [1.165, 1.54) is 17.1 Å². The van der Waals surface area contributed by atoms with Crippen LogP contribution in [0.1, 0.15) is 24.2 Å². The molecule has 0 aliphatic rings. The van der Waals surface area contributed by atoms with Gasteiger partial charge < -0.3 is 10.1 Å². The Hall–Kier alpha value is -1.85. The zero-order chi connectivity index (χ0) is 12.0. The fraction of sp³-hybridized carbons (Fsp3) is 0.500. The number of carbonyl (C=O) groups excluding carboxylic acids is 2. The topological polar surface area (TPSA) is 73.2 Å². The standard InChI is InChI=1S/C10H15N3O3/c1-3-11-9(14)7-13-6-8(5-12-13)10(15)16-4-2/h5-6H,3-4,7H2,1-2H3,(H,11,14). The second kappa shape index (κ2) is 5.89. The summed E-state index contributed by atoms with van der Waals surface area (Å²) in [4.78, 5) is 22.5. The van der Waals surface area contributed by atoms with Gasteiger partial charge in [0.25, 0.3) is 0 Å². The first-order valence-electron chi connectivity index (χ1n) is 5.13. The summed E-state index contributed by atoms with van der Waals surface area (Å²) in [5, 5.41) is 6.54. The highest BCUT2D eigenvalue weighted by Crippen LogP contribution is 2.00. The minimum atomic E-state index is -0.426. The second-order valence-corrected chi connectivity index (χ2v) is 3.10. The van der Waals surface area contributed by atoms with Crippen LogP contribution in [0.5, 0.6) is 0 Å². The summed E-state index contributed by atoms with van der Waals surface area (Å²) in [6.07, 6.45) is 2.88. The molecule has 1 heterocycles. The Bertz CT molecular complexity index is 373. The van der Waals surface area contributed by atoms with Crippen molar-refractivity contribution in [1.82, 2.24) is 15.1 Å². The minimum Gasteiger partial charge on any atom is -0.462 e. The van der Waals surface area contributed by atoms with Crippen LogP contribution in [0, 0.1) is 0 Å². The van der Waals surface area contributed by atoms with E-state index in [2.05, 4.69) is 10.4 Å². The van der Waals surface area contributed by atoms with Gasteiger partial charge >= 0.3 is 5.97 Å². The SMILES string of the molecule is CCNC(=O)Cn1cc(C(=O)OCC)cn1. The highest BCUT2D eigenvalue weighted by molar-refractivity contribution is 5.88. The summed E-state index contributed by atoms with van der Waals surface area (Å²) in [5.74, 6) is -0.564. The van der Waals surface area contributed by atoms with Gasteiger partial charge in [0.1, 0.15) is 6.54 Å². The van der Waals surface area contributed by atoms with E-state index in [9.17, 15) is 9.59 Å². The van der Waals surface area contributed by atoms with E-state index in [0.717, 1.165) is 0 Å². The molecule has 0 fully saturated rings. The van der Waals surface area contributed by atoms with Crippen molar-refractivity contribution >= 4 is 11.9 Å². The second-order valence-electron chi connectivity index (χ2n) is 3.10. The van der Waals surface area contributed by atoms with E-state index in [1.807, 2.05) is 6.92 Å². The minimum absolute atomic E-state index is 0.104. The molecule has 0 aliphatic carbocycles. The van der Waals surface area contributed by atoms with Gasteiger partial charge in [-0.25, -0.2) is 4.79 Å². The van der Waals surface area contributed by atoms with E-state index < -0.39 is 5.97 Å². The summed E-state index contributed by atoms with van der Waals surface area (Å²) in [6, 6.07) is 0. The number of nitrogens with zero attached hydrogens (tertiary/aromatic N) is 2. The smallest absolute Gasteiger partial charge is 0.341 e. The maximum atomic E-state index is 11.3. The van der Waals surface area contributed by atoms with Crippen molar-refractivity contribution in [1.29, 1.82) is 0 Å². The van der Waals surface area contributed by atoms with Gasteiger partial charge in [0.05, 0.1) is 18.4 Å². The quantitative estimate of drug-likeness (QED) is 0.726. The summed E-state index contributed by atoms with van der Waals surface area (Å²) in [5.41, 5.74) is 0.353. The first-order chi connectivity index (χ1) is 7.67. The Labute approximate surface area is 93.6 Å². The molecule has 0 atom stereocenters. The normalized spacial score (nSPS) is 9.88. The van der Waals surface area contributed by atoms with E-state index in [-0.39, 0.29) is 12.5 Å². The van der Waals surface area contributed by atoms with Crippen LogP contribution >= 0.6 is 0 Å². The van der Waals surface area contributed by atoms with Crippen molar-refractivity contribution in [2.45, 2.75) is 20.4 Å². The van der Waals surface area contributed by atoms with Crippen molar-refractivity contribution in [3.63, 3.8) is 0 Å². The van der Waals surface area contributed by atoms with Crippen LogP contribution in [0.2, 0.25) is 0 Å². The lowest BCUT2D eigenvalue weighted by Crippen LogP contribution is -2.27. The number of nitrogens with one attached hydrogen (secondary N) is 1. The largest absolute Gasteiger partial charge is 0.462 e. The summed E-state index contributed by atoms with van der Waals surface area (Å²) in [7, 11) is 0. The summed E-state index contributed by atoms with van der Waals surface area (Å²) < 4.78 is 6.20. The van der Waals surface area contributed by atoms with Crippen LogP contribution in [0.25, 0.3) is 0 Å². The number of ether oxygens (including phenoxy) is 1. The van der Waals surface area contributed by atoms with Gasteiger partial charge in [-0.05, 0) is 13.8 Å². The predicted octanol–water partition coefficient (Wildman–Crippen LogP) is 0.196. The third-order valence-electron chi connectivity index (χ3n) is 1.82. The van der Waals surface area contributed by atoms with Gasteiger partial charge in [0, 0.05) is 12.7 Å². The third kappa shape index (κ3) is 3.38. The number of carbonyl (C=O) groups is 2. The number of rotatable bonds is 5. The number of hydrogen-bond acceptors (Lipinski definition) is 4. The Balaban J connectivity index is 2.57. The molecule has 6 nitrogen and oxygen atoms in total. The van der Waals surface area contributed by atoms with Gasteiger partial charge in [0.15, 0.2) is 0 Å². The number of hydrogen-bond donors (Lipinski definition) is 1. The molecule has 1 rings (SSSR count). The van der Waals surface area contributed by atoms with Crippen molar-refractivity contribution in [2.75, 3.05) is 13.2 Å². The molecule has 0 spiro atoms. The zero-order valence-corrected chi connectivity index (χ0v) is 9.40. The van der Waals surface area contributed by atoms with Crippen molar-refractivity contribution in [2.24, 2.45) is 0 Å². The molecule has 0 aromatic carbocycles. The molecule has 0 bridgehead atoms. The maximum absolute atomic E-state index is 11.3. The van der Waals surface area contributed by atoms with Crippen LogP contribution in [-0.4, -0.2) is 34.8 Å². The van der Waals surface area contributed by atoms with Crippen LogP contribution in [0.3, 0.4) is 0 Å². The summed E-state index contributed by atoms with van der Waals surface area (Å²) in [6.45, 7) is 4.57. The molecule has 88 valence electrons. The Morgan fingerprint density at radius 1 is 1.50 bits per heavy atom. The van der Waals surface area contributed by atoms with Gasteiger partial charge in [0.2, 0.25) is 5.91 Å². The molecule has 0 saturated heterocycles. The van der Waals surface area contributed by atoms with E-state index in [4.69, 9.17) is 4.74 Å². The van der Waals surface area contributed by atoms with Gasteiger partial charge in [-0.1, -0.05) is 0 Å². The van der Waals surface area contributed by atoms with Crippen LogP contribution < -0.4 is 5.32 Å². The van der Waals surface area contributed by atoms with Gasteiger partial charge in [-0.2, -0.15) is 5.10 Å². The number of likely N-dealkylation sites (N-methyl/N-ethyl adjacent to an activating group) is 1. The number of esters is 1. The van der Waals surface area contributed by atoms with E-state index in [0.29, 0.717) is 18.7 Å². The number of amides is 1. The molecule has 0 unspecified atom stereocenters. The Kier molecular flexibility index (Phi) is 4.50. The predicted molar refractivity (Wildman–Crippen MR) is 56.9 cm³/mol. The van der Waals surface area contributed by atoms with E-state index >= 15 is 0 Å². The molecule has 1 amide bonds. The van der Waals surface area contributed by atoms with Crippen molar-refractivity contribution in [3.8, 4) is 0 Å². The molecule has 1 aromatic rings. The molecule has 0 radical (unpaired) electrons. The lowest BCUT2D eigenvalue weighted by Gasteiger charge is -2.01. The highest BCUT2D eigenvalue weighted by atomic mass is 16.5. The first-order valence-corrected chi connectivity index (χ1v) is 5.13. The van der Waals surface area contributed by atoms with Crippen LogP contribution in [-0.2, 0) is 16.1 Å². The third-order valence-corrected chi connectivity index (χ3v) is 1.82. The van der Waals surface area contributed by atoms with Crippen LogP contribution in [0.4, 0.5) is 0 Å². The molecule has 0 aliphatic heterocycles. The zero-order valence-electron chi connectivity index (χ0n) is 9.40. The van der Waals surface area contributed by atoms with E-state index in [1.54, 1.807) is 6.92 Å². The monoisotopic (exact) mass is 225 g/mol. The molecule has 6 heteroatoms. The summed E-state index contributed by atoms with van der Waals surface area (Å²) >= 11 is 0. The molecular formula is C10H15N3O3. The molecule has 1 N–H and O–H groups in total. The first kappa shape index (κ1) is 12.2. The maximum Gasteiger partial charge on any atom is 0.341 e. The van der Waals surface area contributed by atoms with Crippen LogP contribution in [0.15, 0.2) is 12.4 Å². The van der Waals surface area contributed by atoms with Crippen molar-refractivity contribution in [3.05, 3.63) is 18.0 Å². The lowest BCUT2D eigenvalue weighted by atomic mass is 10.4. The van der Waals surface area contributed by atoms with Gasteiger partial charge in [-0.3, -0.25) is 9.48 Å². The number of aromatic nitrogens is 2. The molecule has 0 saturated carbocycles. The van der Waals surface area contributed by atoms with Gasteiger partial charge in [-0.15, -0.1) is 0 Å². The average molecular weight is 225 g/mol. The Morgan fingerprint density at radius 2 is 2.25 bits per heavy atom. The molecule has 16 heavy (non-hydrogen) atoms. The van der Waals surface area contributed by atoms with Crippen molar-refractivity contribution < 1.29 is 14.3 Å². The molecule has 1 aromatic heterocycles. The fourth-order valence-corrected chi connectivity index (χ4v) is 1.17. The fourth-order valence-electron chi connectivity index (χ4n) is 1.17.